The Labute approximate surface area is 76.5 Å². The Morgan fingerprint density at radius 3 is 2.50 bits per heavy atom. The molecule has 0 aliphatic rings. The zero-order chi connectivity index (χ0) is 9.23. The van der Waals surface area contributed by atoms with Crippen LogP contribution in [0, 0.1) is 5.92 Å². The highest BCUT2D eigenvalue weighted by Crippen LogP contribution is 2.10. The summed E-state index contributed by atoms with van der Waals surface area (Å²) in [6, 6.07) is 0. The van der Waals surface area contributed by atoms with Crippen LogP contribution in [0.5, 0.6) is 0 Å². The number of aliphatic hydroxyl groups is 1. The van der Waals surface area contributed by atoms with Gasteiger partial charge < -0.3 is 5.11 Å². The molecule has 0 aromatic rings. The smallest absolute Gasteiger partial charge is 0.0456 e. The Balaban J connectivity index is 2.95. The third kappa shape index (κ3) is 7.80. The Morgan fingerprint density at radius 1 is 1.25 bits per heavy atom. The number of hydrogen-bond acceptors (Lipinski definition) is 1. The van der Waals surface area contributed by atoms with Crippen LogP contribution in [0.3, 0.4) is 0 Å². The first-order valence-corrected chi connectivity index (χ1v) is 5.03. The molecule has 0 saturated carbocycles. The summed E-state index contributed by atoms with van der Waals surface area (Å²) in [6.07, 6.45) is 9.45. The predicted octanol–water partition coefficient (Wildman–Crippen LogP) is 3.14. The third-order valence-corrected chi connectivity index (χ3v) is 2.17. The van der Waals surface area contributed by atoms with Gasteiger partial charge in [-0.25, -0.2) is 0 Å². The van der Waals surface area contributed by atoms with Crippen molar-refractivity contribution in [2.75, 3.05) is 6.61 Å². The molecule has 0 rings (SSSR count). The van der Waals surface area contributed by atoms with Crippen molar-refractivity contribution in [2.45, 2.75) is 45.4 Å². The topological polar surface area (TPSA) is 20.2 Å². The molecule has 1 N–H and O–H groups in total. The number of unbranched alkanes of at least 4 members (excludes halogenated alkanes) is 4. The van der Waals surface area contributed by atoms with Gasteiger partial charge in [0.2, 0.25) is 0 Å². The van der Waals surface area contributed by atoms with Crippen LogP contribution in [0.1, 0.15) is 45.4 Å². The second-order valence-electron chi connectivity index (χ2n) is 3.57. The van der Waals surface area contributed by atoms with E-state index in [9.17, 15) is 0 Å². The van der Waals surface area contributed by atoms with Crippen molar-refractivity contribution >= 4 is 0 Å². The average molecular weight is 170 g/mol. The van der Waals surface area contributed by atoms with Gasteiger partial charge in [-0.05, 0) is 25.2 Å². The lowest BCUT2D eigenvalue weighted by Gasteiger charge is -2.06. The van der Waals surface area contributed by atoms with Crippen molar-refractivity contribution in [1.29, 1.82) is 0 Å². The quantitative estimate of drug-likeness (QED) is 0.438. The molecule has 0 fully saturated rings. The lowest BCUT2D eigenvalue weighted by Crippen LogP contribution is -1.99. The average Bonchev–Trinajstić information content (AvgIpc) is 2.10. The van der Waals surface area contributed by atoms with Gasteiger partial charge in [-0.1, -0.05) is 32.3 Å². The van der Waals surface area contributed by atoms with E-state index in [2.05, 4.69) is 13.5 Å². The van der Waals surface area contributed by atoms with Crippen molar-refractivity contribution < 1.29 is 5.11 Å². The molecule has 0 bridgehead atoms. The van der Waals surface area contributed by atoms with Crippen molar-refractivity contribution in [1.82, 2.24) is 0 Å². The largest absolute Gasteiger partial charge is 0.396 e. The van der Waals surface area contributed by atoms with Crippen LogP contribution in [-0.2, 0) is 0 Å². The Kier molecular flexibility index (Phi) is 8.57. The minimum Gasteiger partial charge on any atom is -0.396 e. The Hall–Kier alpha value is -0.300. The van der Waals surface area contributed by atoms with Crippen LogP contribution in [0.15, 0.2) is 12.7 Å². The SMILES string of the molecule is C=CCCCCCCC(C)CO. The van der Waals surface area contributed by atoms with E-state index < -0.39 is 0 Å². The minimum absolute atomic E-state index is 0.340. The van der Waals surface area contributed by atoms with Crippen molar-refractivity contribution in [3.05, 3.63) is 12.7 Å². The number of hydrogen-bond donors (Lipinski definition) is 1. The number of aliphatic hydroxyl groups excluding tert-OH is 1. The van der Waals surface area contributed by atoms with Gasteiger partial charge in [-0.15, -0.1) is 6.58 Å². The first-order chi connectivity index (χ1) is 5.81. The van der Waals surface area contributed by atoms with Gasteiger partial charge in [0.15, 0.2) is 0 Å². The van der Waals surface area contributed by atoms with E-state index in [-0.39, 0.29) is 0 Å². The predicted molar refractivity (Wildman–Crippen MR) is 54.1 cm³/mol. The van der Waals surface area contributed by atoms with Gasteiger partial charge in [-0.3, -0.25) is 0 Å². The summed E-state index contributed by atoms with van der Waals surface area (Å²) >= 11 is 0. The molecular formula is C11H22O. The molecule has 0 saturated heterocycles. The molecule has 0 aliphatic carbocycles. The Morgan fingerprint density at radius 2 is 1.92 bits per heavy atom. The molecule has 72 valence electrons. The molecule has 0 aromatic carbocycles. The highest BCUT2D eigenvalue weighted by Gasteiger charge is 1.98. The normalized spacial score (nSPS) is 12.8. The fraction of sp³-hybridized carbons (Fsp3) is 0.818. The summed E-state index contributed by atoms with van der Waals surface area (Å²) in [4.78, 5) is 0. The number of allylic oxidation sites excluding steroid dienone is 1. The molecule has 0 spiro atoms. The highest BCUT2D eigenvalue weighted by molar-refractivity contribution is 4.65. The second kappa shape index (κ2) is 8.79. The van der Waals surface area contributed by atoms with E-state index in [1.54, 1.807) is 0 Å². The van der Waals surface area contributed by atoms with Crippen molar-refractivity contribution in [2.24, 2.45) is 5.92 Å². The van der Waals surface area contributed by atoms with Gasteiger partial charge in [-0.2, -0.15) is 0 Å². The van der Waals surface area contributed by atoms with Crippen molar-refractivity contribution in [3.8, 4) is 0 Å². The molecule has 0 amide bonds. The summed E-state index contributed by atoms with van der Waals surface area (Å²) in [7, 11) is 0. The monoisotopic (exact) mass is 170 g/mol. The molecule has 0 aliphatic heterocycles. The van der Waals surface area contributed by atoms with Crippen LogP contribution in [0.25, 0.3) is 0 Å². The fourth-order valence-electron chi connectivity index (χ4n) is 1.23. The van der Waals surface area contributed by atoms with E-state index in [1.807, 2.05) is 6.08 Å². The maximum Gasteiger partial charge on any atom is 0.0456 e. The maximum absolute atomic E-state index is 8.76. The molecule has 1 atom stereocenters. The van der Waals surface area contributed by atoms with Gasteiger partial charge in [0.05, 0.1) is 0 Å². The van der Waals surface area contributed by atoms with Crippen LogP contribution < -0.4 is 0 Å². The van der Waals surface area contributed by atoms with Crippen LogP contribution in [0.2, 0.25) is 0 Å². The van der Waals surface area contributed by atoms with Crippen LogP contribution >= 0.6 is 0 Å². The van der Waals surface area contributed by atoms with Gasteiger partial charge >= 0.3 is 0 Å². The zero-order valence-electron chi connectivity index (χ0n) is 8.26. The van der Waals surface area contributed by atoms with Gasteiger partial charge in [0.1, 0.15) is 0 Å². The number of rotatable bonds is 8. The molecular weight excluding hydrogens is 148 g/mol. The third-order valence-electron chi connectivity index (χ3n) is 2.17. The molecule has 1 unspecified atom stereocenters. The molecule has 0 heterocycles. The molecule has 0 aromatic heterocycles. The van der Waals surface area contributed by atoms with Crippen molar-refractivity contribution in [3.63, 3.8) is 0 Å². The van der Waals surface area contributed by atoms with E-state index in [1.165, 1.54) is 32.1 Å². The van der Waals surface area contributed by atoms with E-state index in [0.29, 0.717) is 12.5 Å². The summed E-state index contributed by atoms with van der Waals surface area (Å²) in [5, 5.41) is 8.76. The lowest BCUT2D eigenvalue weighted by molar-refractivity contribution is 0.227. The summed E-state index contributed by atoms with van der Waals surface area (Å²) < 4.78 is 0. The van der Waals surface area contributed by atoms with E-state index >= 15 is 0 Å². The molecule has 12 heavy (non-hydrogen) atoms. The first-order valence-electron chi connectivity index (χ1n) is 5.03. The standard InChI is InChI=1S/C11H22O/c1-3-4-5-6-7-8-9-11(2)10-12/h3,11-12H,1,4-10H2,2H3. The Bertz CT molecular complexity index is 99.2. The maximum atomic E-state index is 8.76. The van der Waals surface area contributed by atoms with E-state index in [0.717, 1.165) is 6.42 Å². The molecule has 1 heteroatoms. The van der Waals surface area contributed by atoms with Gasteiger partial charge in [0.25, 0.3) is 0 Å². The molecule has 0 radical (unpaired) electrons. The summed E-state index contributed by atoms with van der Waals surface area (Å²) in [6.45, 7) is 6.13. The van der Waals surface area contributed by atoms with Crippen LogP contribution in [-0.4, -0.2) is 11.7 Å². The zero-order valence-corrected chi connectivity index (χ0v) is 8.26. The fourth-order valence-corrected chi connectivity index (χ4v) is 1.23. The van der Waals surface area contributed by atoms with E-state index in [4.69, 9.17) is 5.11 Å². The van der Waals surface area contributed by atoms with Crippen LogP contribution in [0.4, 0.5) is 0 Å². The minimum atomic E-state index is 0.340. The summed E-state index contributed by atoms with van der Waals surface area (Å²) in [5.41, 5.74) is 0. The molecule has 1 nitrogen and oxygen atoms in total. The first kappa shape index (κ1) is 11.7. The lowest BCUT2D eigenvalue weighted by atomic mass is 10.0. The highest BCUT2D eigenvalue weighted by atomic mass is 16.3. The second-order valence-corrected chi connectivity index (χ2v) is 3.57. The summed E-state index contributed by atoms with van der Waals surface area (Å²) in [5.74, 6) is 0.490. The van der Waals surface area contributed by atoms with Gasteiger partial charge in [0, 0.05) is 6.61 Å².